The van der Waals surface area contributed by atoms with Crippen LogP contribution in [0.1, 0.15) is 36.0 Å². The first kappa shape index (κ1) is 16.3. The van der Waals surface area contributed by atoms with Crippen molar-refractivity contribution in [2.24, 2.45) is 0 Å². The van der Waals surface area contributed by atoms with Gasteiger partial charge in [-0.05, 0) is 65.2 Å². The monoisotopic (exact) mass is 366 g/mol. The molecular weight excluding hydrogens is 340 g/mol. The summed E-state index contributed by atoms with van der Waals surface area (Å²) in [5, 5.41) is 3.43. The van der Waals surface area contributed by atoms with Crippen LogP contribution in [0.4, 0.5) is 0 Å². The van der Waals surface area contributed by atoms with Crippen molar-refractivity contribution in [1.29, 1.82) is 0 Å². The zero-order valence-corrected chi connectivity index (χ0v) is 15.2. The first-order valence-corrected chi connectivity index (χ1v) is 9.39. The molecule has 2 aliphatic rings. The van der Waals surface area contributed by atoms with Crippen molar-refractivity contribution in [3.05, 3.63) is 27.2 Å². The van der Waals surface area contributed by atoms with E-state index in [0.717, 1.165) is 36.3 Å². The van der Waals surface area contributed by atoms with Gasteiger partial charge in [-0.1, -0.05) is 6.42 Å². The van der Waals surface area contributed by atoms with Gasteiger partial charge in [-0.15, -0.1) is 0 Å². The highest BCUT2D eigenvalue weighted by atomic mass is 79.9. The van der Waals surface area contributed by atoms with Gasteiger partial charge in [-0.25, -0.2) is 0 Å². The highest BCUT2D eigenvalue weighted by Crippen LogP contribution is 2.37. The van der Waals surface area contributed by atoms with Gasteiger partial charge >= 0.3 is 0 Å². The minimum atomic E-state index is 1.07. The van der Waals surface area contributed by atoms with E-state index in [-0.39, 0.29) is 0 Å². The van der Waals surface area contributed by atoms with Crippen LogP contribution in [0.15, 0.2) is 10.5 Å². The van der Waals surface area contributed by atoms with Crippen LogP contribution in [0.3, 0.4) is 0 Å². The zero-order chi connectivity index (χ0) is 15.4. The highest BCUT2D eigenvalue weighted by molar-refractivity contribution is 9.10. The molecule has 0 unspecified atom stereocenters. The predicted molar refractivity (Wildman–Crippen MR) is 95.0 cm³/mol. The molecule has 1 heterocycles. The van der Waals surface area contributed by atoms with Gasteiger partial charge in [0.05, 0.1) is 11.6 Å². The first-order chi connectivity index (χ1) is 10.8. The Kier molecular flexibility index (Phi) is 5.77. The average molecular weight is 367 g/mol. The fraction of sp³-hybridized carbons (Fsp3) is 0.667. The van der Waals surface area contributed by atoms with E-state index in [2.05, 4.69) is 32.2 Å². The normalized spacial score (nSPS) is 19.5. The number of hydrogen-bond donors (Lipinski definition) is 1. The summed E-state index contributed by atoms with van der Waals surface area (Å²) in [6.07, 6.45) is 7.53. The molecule has 1 aromatic rings. The topological polar surface area (TPSA) is 24.5 Å². The summed E-state index contributed by atoms with van der Waals surface area (Å²) in [7, 11) is 1.80. The molecule has 1 fully saturated rings. The highest BCUT2D eigenvalue weighted by Gasteiger charge is 2.20. The summed E-state index contributed by atoms with van der Waals surface area (Å²) in [5.41, 5.74) is 4.57. The third-order valence-electron chi connectivity index (χ3n) is 5.01. The molecule has 0 amide bonds. The van der Waals surface area contributed by atoms with E-state index in [1.807, 2.05) is 0 Å². The Balaban J connectivity index is 1.84. The quantitative estimate of drug-likeness (QED) is 0.828. The number of aryl methyl sites for hydroxylation is 1. The number of benzene rings is 1. The molecule has 0 aromatic heterocycles. The summed E-state index contributed by atoms with van der Waals surface area (Å²) in [6.45, 7) is 5.71. The van der Waals surface area contributed by atoms with E-state index in [4.69, 9.17) is 4.74 Å². The molecule has 4 heteroatoms. The van der Waals surface area contributed by atoms with Gasteiger partial charge < -0.3 is 15.0 Å². The van der Waals surface area contributed by atoms with Gasteiger partial charge in [0.15, 0.2) is 0 Å². The summed E-state index contributed by atoms with van der Waals surface area (Å²) < 4.78 is 6.88. The van der Waals surface area contributed by atoms with Crippen LogP contribution in [-0.2, 0) is 19.3 Å². The van der Waals surface area contributed by atoms with Gasteiger partial charge in [0.2, 0.25) is 0 Å². The molecule has 0 saturated carbocycles. The number of nitrogens with zero attached hydrogens (tertiary/aromatic N) is 1. The maximum Gasteiger partial charge on any atom is 0.136 e. The molecule has 0 radical (unpaired) electrons. The zero-order valence-electron chi connectivity index (χ0n) is 13.6. The Morgan fingerprint density at radius 3 is 2.73 bits per heavy atom. The van der Waals surface area contributed by atoms with Gasteiger partial charge in [0, 0.05) is 38.3 Å². The molecule has 1 aromatic carbocycles. The first-order valence-electron chi connectivity index (χ1n) is 8.60. The van der Waals surface area contributed by atoms with Crippen LogP contribution in [0.2, 0.25) is 0 Å². The Bertz CT molecular complexity index is 512. The van der Waals surface area contributed by atoms with E-state index in [0.29, 0.717) is 0 Å². The molecule has 1 aliphatic carbocycles. The Morgan fingerprint density at radius 1 is 1.18 bits per heavy atom. The maximum atomic E-state index is 5.75. The second-order valence-corrected chi connectivity index (χ2v) is 7.26. The number of piperazine rings is 1. The van der Waals surface area contributed by atoms with Crippen molar-refractivity contribution >= 4 is 15.9 Å². The Hall–Kier alpha value is -0.580. The van der Waals surface area contributed by atoms with Crippen LogP contribution >= 0.6 is 15.9 Å². The average Bonchev–Trinajstić information content (AvgIpc) is 2.78. The lowest BCUT2D eigenvalue weighted by Crippen LogP contribution is -2.44. The second-order valence-electron chi connectivity index (χ2n) is 6.41. The molecule has 1 aliphatic heterocycles. The van der Waals surface area contributed by atoms with Crippen LogP contribution in [-0.4, -0.2) is 44.7 Å². The number of ether oxygens (including phenoxy) is 1. The fourth-order valence-corrected chi connectivity index (χ4v) is 4.48. The molecule has 0 bridgehead atoms. The number of methoxy groups -OCH3 is 1. The third-order valence-corrected chi connectivity index (χ3v) is 5.60. The number of rotatable bonds is 4. The molecule has 1 saturated heterocycles. The van der Waals surface area contributed by atoms with Gasteiger partial charge in [0.25, 0.3) is 0 Å². The van der Waals surface area contributed by atoms with Crippen molar-refractivity contribution in [2.45, 2.75) is 38.5 Å². The van der Waals surface area contributed by atoms with E-state index >= 15 is 0 Å². The van der Waals surface area contributed by atoms with Crippen LogP contribution in [0.25, 0.3) is 0 Å². The predicted octanol–water partition coefficient (Wildman–Crippen LogP) is 3.17. The lowest BCUT2D eigenvalue weighted by Gasteiger charge is -2.28. The summed E-state index contributed by atoms with van der Waals surface area (Å²) >= 11 is 3.73. The standard InChI is InChI=1S/C18H27BrN2O/c1-22-18-16(7-10-21-11-8-20-9-12-21)15-6-4-2-3-5-14(15)13-17(18)19/h13,20H,2-12H2,1H3. The molecule has 122 valence electrons. The third kappa shape index (κ3) is 3.66. The lowest BCUT2D eigenvalue weighted by molar-refractivity contribution is 0.243. The van der Waals surface area contributed by atoms with E-state index in [9.17, 15) is 0 Å². The minimum absolute atomic E-state index is 1.07. The second kappa shape index (κ2) is 7.80. The molecule has 22 heavy (non-hydrogen) atoms. The van der Waals surface area contributed by atoms with Crippen molar-refractivity contribution in [3.8, 4) is 5.75 Å². The van der Waals surface area contributed by atoms with Crippen molar-refractivity contribution < 1.29 is 4.74 Å². The van der Waals surface area contributed by atoms with E-state index < -0.39 is 0 Å². The Morgan fingerprint density at radius 2 is 1.95 bits per heavy atom. The van der Waals surface area contributed by atoms with Crippen LogP contribution in [0, 0.1) is 0 Å². The number of fused-ring (bicyclic) bond motifs is 1. The van der Waals surface area contributed by atoms with E-state index in [1.54, 1.807) is 18.2 Å². The molecule has 1 N–H and O–H groups in total. The lowest BCUT2D eigenvalue weighted by atomic mass is 9.94. The summed E-state index contributed by atoms with van der Waals surface area (Å²) in [5.74, 6) is 1.07. The minimum Gasteiger partial charge on any atom is -0.495 e. The maximum absolute atomic E-state index is 5.75. The van der Waals surface area contributed by atoms with Crippen molar-refractivity contribution in [3.63, 3.8) is 0 Å². The van der Waals surface area contributed by atoms with Crippen LogP contribution in [0.5, 0.6) is 5.75 Å². The molecule has 3 rings (SSSR count). The van der Waals surface area contributed by atoms with Crippen molar-refractivity contribution in [2.75, 3.05) is 39.8 Å². The Labute approximate surface area is 142 Å². The number of nitrogens with one attached hydrogen (secondary N) is 1. The molecule has 0 atom stereocenters. The fourth-order valence-electron chi connectivity index (χ4n) is 3.80. The number of halogens is 1. The summed E-state index contributed by atoms with van der Waals surface area (Å²) in [4.78, 5) is 2.57. The molecular formula is C18H27BrN2O. The smallest absolute Gasteiger partial charge is 0.136 e. The molecule has 0 spiro atoms. The van der Waals surface area contributed by atoms with Crippen molar-refractivity contribution in [1.82, 2.24) is 10.2 Å². The summed E-state index contributed by atoms with van der Waals surface area (Å²) in [6, 6.07) is 2.30. The van der Waals surface area contributed by atoms with E-state index in [1.165, 1.54) is 50.8 Å². The molecule has 3 nitrogen and oxygen atoms in total. The van der Waals surface area contributed by atoms with Crippen LogP contribution < -0.4 is 10.1 Å². The SMILES string of the molecule is COc1c(Br)cc2c(c1CCN1CCNCC1)CCCCC2. The largest absolute Gasteiger partial charge is 0.495 e. The van der Waals surface area contributed by atoms with Gasteiger partial charge in [-0.2, -0.15) is 0 Å². The van der Waals surface area contributed by atoms with Gasteiger partial charge in [0.1, 0.15) is 5.75 Å². The van der Waals surface area contributed by atoms with Gasteiger partial charge in [-0.3, -0.25) is 0 Å². The number of hydrogen-bond acceptors (Lipinski definition) is 3.